The van der Waals surface area contributed by atoms with E-state index in [2.05, 4.69) is 5.32 Å². The molecular weight excluding hydrogens is 367 g/mol. The van der Waals surface area contributed by atoms with Gasteiger partial charge in [0, 0.05) is 5.56 Å². The Hall–Kier alpha value is -2.67. The highest BCUT2D eigenvalue weighted by atomic mass is 32.1. The highest BCUT2D eigenvalue weighted by molar-refractivity contribution is 7.17. The topological polar surface area (TPSA) is 60.3 Å². The van der Waals surface area contributed by atoms with E-state index in [-0.39, 0.29) is 24.2 Å². The third kappa shape index (κ3) is 3.88. The Labute approximate surface area is 160 Å². The van der Waals surface area contributed by atoms with Crippen molar-refractivity contribution >= 4 is 33.4 Å². The molecule has 5 nitrogen and oxygen atoms in total. The second kappa shape index (κ2) is 7.92. The molecule has 27 heavy (non-hydrogen) atoms. The van der Waals surface area contributed by atoms with Crippen molar-refractivity contribution in [2.24, 2.45) is 5.92 Å². The molecule has 0 saturated heterocycles. The summed E-state index contributed by atoms with van der Waals surface area (Å²) >= 11 is 1.50. The van der Waals surface area contributed by atoms with Gasteiger partial charge in [0.15, 0.2) is 0 Å². The van der Waals surface area contributed by atoms with Crippen LogP contribution in [0.4, 0.5) is 4.39 Å². The molecule has 0 unspecified atom stereocenters. The van der Waals surface area contributed by atoms with Crippen LogP contribution in [-0.2, 0) is 16.1 Å². The van der Waals surface area contributed by atoms with Gasteiger partial charge >= 0.3 is 5.97 Å². The van der Waals surface area contributed by atoms with E-state index in [9.17, 15) is 14.0 Å². The Kier molecular flexibility index (Phi) is 5.60. The number of ether oxygens (including phenoxy) is 1. The van der Waals surface area contributed by atoms with Crippen LogP contribution in [0, 0.1) is 11.7 Å². The first-order chi connectivity index (χ1) is 12.9. The number of carbonyl (C=O) groups excluding carboxylic acids is 2. The summed E-state index contributed by atoms with van der Waals surface area (Å²) < 4.78 is 21.6. The Morgan fingerprint density at radius 2 is 2.00 bits per heavy atom. The predicted molar refractivity (Wildman–Crippen MR) is 103 cm³/mol. The zero-order chi connectivity index (χ0) is 19.6. The number of halogens is 1. The molecule has 7 heteroatoms. The van der Waals surface area contributed by atoms with E-state index in [0.29, 0.717) is 11.3 Å². The van der Waals surface area contributed by atoms with E-state index in [1.54, 1.807) is 28.8 Å². The number of thiophene rings is 1. The molecule has 142 valence electrons. The lowest BCUT2D eigenvalue weighted by Gasteiger charge is -2.20. The zero-order valence-electron chi connectivity index (χ0n) is 15.4. The normalized spacial score (nSPS) is 12.3. The van der Waals surface area contributed by atoms with Gasteiger partial charge in [-0.25, -0.2) is 9.18 Å². The molecule has 0 aliphatic carbocycles. The second-order valence-corrected chi connectivity index (χ2v) is 7.54. The zero-order valence-corrected chi connectivity index (χ0v) is 16.2. The van der Waals surface area contributed by atoms with Gasteiger partial charge in [0.2, 0.25) is 0 Å². The summed E-state index contributed by atoms with van der Waals surface area (Å²) in [6.45, 7) is 3.89. The molecule has 0 fully saturated rings. The summed E-state index contributed by atoms with van der Waals surface area (Å²) in [6, 6.07) is 9.40. The lowest BCUT2D eigenvalue weighted by atomic mass is 10.0. The number of amides is 1. The molecule has 1 amide bonds. The molecule has 0 bridgehead atoms. The van der Waals surface area contributed by atoms with Gasteiger partial charge in [-0.05, 0) is 29.5 Å². The molecule has 1 atom stereocenters. The Bertz CT molecular complexity index is 977. The maximum atomic E-state index is 14.1. The molecule has 1 N–H and O–H groups in total. The van der Waals surface area contributed by atoms with Gasteiger partial charge in [0.1, 0.15) is 17.6 Å². The number of methoxy groups -OCH3 is 1. The fourth-order valence-electron chi connectivity index (χ4n) is 2.97. The van der Waals surface area contributed by atoms with Crippen LogP contribution in [-0.4, -0.2) is 29.6 Å². The van der Waals surface area contributed by atoms with Crippen molar-refractivity contribution in [3.8, 4) is 0 Å². The van der Waals surface area contributed by atoms with E-state index < -0.39 is 12.0 Å². The highest BCUT2D eigenvalue weighted by Crippen LogP contribution is 2.27. The SMILES string of the molecule is COC(=O)[C@H](NC(=O)c1cc2sccc2n1Cc1ccccc1F)C(C)C. The van der Waals surface area contributed by atoms with Gasteiger partial charge in [-0.2, -0.15) is 0 Å². The number of nitrogens with one attached hydrogen (secondary N) is 1. The summed E-state index contributed by atoms with van der Waals surface area (Å²) in [5.41, 5.74) is 1.73. The lowest BCUT2D eigenvalue weighted by molar-refractivity contribution is -0.144. The van der Waals surface area contributed by atoms with E-state index >= 15 is 0 Å². The van der Waals surface area contributed by atoms with E-state index in [0.717, 1.165) is 10.2 Å². The first kappa shape index (κ1) is 19.1. The first-order valence-electron chi connectivity index (χ1n) is 8.61. The maximum absolute atomic E-state index is 14.1. The van der Waals surface area contributed by atoms with Gasteiger partial charge in [-0.1, -0.05) is 32.0 Å². The van der Waals surface area contributed by atoms with Gasteiger partial charge in [0.25, 0.3) is 5.91 Å². The summed E-state index contributed by atoms with van der Waals surface area (Å²) in [5, 5.41) is 4.68. The van der Waals surface area contributed by atoms with Gasteiger partial charge in [-0.3, -0.25) is 4.79 Å². The van der Waals surface area contributed by atoms with Crippen LogP contribution in [0.1, 0.15) is 29.9 Å². The fraction of sp³-hybridized carbons (Fsp3) is 0.300. The van der Waals surface area contributed by atoms with Crippen molar-refractivity contribution in [2.45, 2.75) is 26.4 Å². The summed E-state index contributed by atoms with van der Waals surface area (Å²) in [5.74, 6) is -1.33. The predicted octanol–water partition coefficient (Wildman–Crippen LogP) is 3.82. The molecule has 2 aromatic heterocycles. The minimum absolute atomic E-state index is 0.127. The number of benzene rings is 1. The smallest absolute Gasteiger partial charge is 0.328 e. The summed E-state index contributed by atoms with van der Waals surface area (Å²) in [6.07, 6.45) is 0. The van der Waals surface area contributed by atoms with Crippen molar-refractivity contribution in [3.63, 3.8) is 0 Å². The number of nitrogens with zero attached hydrogens (tertiary/aromatic N) is 1. The third-order valence-electron chi connectivity index (χ3n) is 4.45. The molecule has 3 rings (SSSR count). The average molecular weight is 388 g/mol. The monoisotopic (exact) mass is 388 g/mol. The van der Waals surface area contributed by atoms with Crippen LogP contribution in [0.25, 0.3) is 10.2 Å². The Balaban J connectivity index is 1.96. The largest absolute Gasteiger partial charge is 0.467 e. The summed E-state index contributed by atoms with van der Waals surface area (Å²) in [4.78, 5) is 24.9. The number of hydrogen-bond donors (Lipinski definition) is 1. The van der Waals surface area contributed by atoms with Crippen molar-refractivity contribution < 1.29 is 18.7 Å². The molecular formula is C20H21FN2O3S. The van der Waals surface area contributed by atoms with E-state index in [4.69, 9.17) is 4.74 Å². The molecule has 0 aliphatic rings. The molecule has 0 saturated carbocycles. The molecule has 0 spiro atoms. The number of esters is 1. The second-order valence-electron chi connectivity index (χ2n) is 6.60. The quantitative estimate of drug-likeness (QED) is 0.653. The highest BCUT2D eigenvalue weighted by Gasteiger charge is 2.27. The van der Waals surface area contributed by atoms with Gasteiger partial charge in [-0.15, -0.1) is 11.3 Å². The molecule has 0 radical (unpaired) electrons. The molecule has 0 aliphatic heterocycles. The lowest BCUT2D eigenvalue weighted by Crippen LogP contribution is -2.45. The van der Waals surface area contributed by atoms with Crippen molar-refractivity contribution in [1.82, 2.24) is 9.88 Å². The van der Waals surface area contributed by atoms with Crippen LogP contribution in [0.15, 0.2) is 41.8 Å². The first-order valence-corrected chi connectivity index (χ1v) is 9.49. The Morgan fingerprint density at radius 3 is 2.67 bits per heavy atom. The van der Waals surface area contributed by atoms with Crippen molar-refractivity contribution in [3.05, 3.63) is 58.9 Å². The average Bonchev–Trinajstić information content (AvgIpc) is 3.23. The van der Waals surface area contributed by atoms with E-state index in [1.807, 2.05) is 25.3 Å². The van der Waals surface area contributed by atoms with Gasteiger partial charge < -0.3 is 14.6 Å². The third-order valence-corrected chi connectivity index (χ3v) is 5.30. The molecule has 3 aromatic rings. The number of fused-ring (bicyclic) bond motifs is 1. The number of rotatable bonds is 6. The minimum atomic E-state index is -0.752. The maximum Gasteiger partial charge on any atom is 0.328 e. The van der Waals surface area contributed by atoms with Crippen LogP contribution in [0.3, 0.4) is 0 Å². The van der Waals surface area contributed by atoms with Crippen LogP contribution >= 0.6 is 11.3 Å². The van der Waals surface area contributed by atoms with Gasteiger partial charge in [0.05, 0.1) is 23.9 Å². The van der Waals surface area contributed by atoms with Crippen LogP contribution in [0.5, 0.6) is 0 Å². The fourth-order valence-corrected chi connectivity index (χ4v) is 3.79. The number of aromatic nitrogens is 1. The number of hydrogen-bond acceptors (Lipinski definition) is 4. The minimum Gasteiger partial charge on any atom is -0.467 e. The van der Waals surface area contributed by atoms with Crippen molar-refractivity contribution in [2.75, 3.05) is 7.11 Å². The Morgan fingerprint density at radius 1 is 1.26 bits per heavy atom. The van der Waals surface area contributed by atoms with E-state index in [1.165, 1.54) is 24.5 Å². The molecule has 1 aromatic carbocycles. The standard InChI is InChI=1S/C20H21FN2O3S/c1-12(2)18(20(25)26-3)22-19(24)16-10-17-15(8-9-27-17)23(16)11-13-6-4-5-7-14(13)21/h4-10,12,18H,11H2,1-3H3,(H,22,24)/t18-/m1/s1. The van der Waals surface area contributed by atoms with Crippen LogP contribution in [0.2, 0.25) is 0 Å². The molecule has 2 heterocycles. The van der Waals surface area contributed by atoms with Crippen LogP contribution < -0.4 is 5.32 Å². The number of carbonyl (C=O) groups is 2. The van der Waals surface area contributed by atoms with Crippen molar-refractivity contribution in [1.29, 1.82) is 0 Å². The summed E-state index contributed by atoms with van der Waals surface area (Å²) in [7, 11) is 1.29.